The summed E-state index contributed by atoms with van der Waals surface area (Å²) in [4.78, 5) is 11.2. The number of nitrogens with two attached hydrogens (primary N) is 1. The van der Waals surface area contributed by atoms with E-state index in [1.54, 1.807) is 19.3 Å². The van der Waals surface area contributed by atoms with Crippen molar-refractivity contribution in [3.8, 4) is 0 Å². The number of methoxy groups -OCH3 is 1. The third-order valence-electron chi connectivity index (χ3n) is 3.22. The van der Waals surface area contributed by atoms with Gasteiger partial charge in [0.15, 0.2) is 0 Å². The zero-order valence-corrected chi connectivity index (χ0v) is 11.7. The Labute approximate surface area is 118 Å². The lowest BCUT2D eigenvalue weighted by Crippen LogP contribution is -2.44. The molecule has 4 heteroatoms. The molecule has 1 aliphatic rings. The van der Waals surface area contributed by atoms with Crippen LogP contribution in [0, 0.1) is 0 Å². The fourth-order valence-corrected chi connectivity index (χ4v) is 2.18. The standard InChI is InChI=1S/C16H19NO3/c1-12(18)20-15-8-9-16(17,19-2)11-14(15)10-13-6-4-3-5-7-13/h3-10,15H,11,17H2,1-2H3. The first-order valence-corrected chi connectivity index (χ1v) is 6.48. The van der Waals surface area contributed by atoms with Crippen molar-refractivity contribution < 1.29 is 14.3 Å². The maximum atomic E-state index is 11.2. The van der Waals surface area contributed by atoms with Crippen LogP contribution in [-0.4, -0.2) is 24.9 Å². The van der Waals surface area contributed by atoms with Gasteiger partial charge in [0.2, 0.25) is 0 Å². The van der Waals surface area contributed by atoms with Crippen molar-refractivity contribution in [2.24, 2.45) is 5.73 Å². The molecule has 0 fully saturated rings. The highest BCUT2D eigenvalue weighted by atomic mass is 16.5. The van der Waals surface area contributed by atoms with E-state index < -0.39 is 5.72 Å². The molecule has 0 spiro atoms. The van der Waals surface area contributed by atoms with Crippen LogP contribution in [0.5, 0.6) is 0 Å². The first-order valence-electron chi connectivity index (χ1n) is 6.48. The van der Waals surface area contributed by atoms with Gasteiger partial charge in [-0.1, -0.05) is 36.4 Å². The molecule has 2 atom stereocenters. The molecule has 0 heterocycles. The topological polar surface area (TPSA) is 61.6 Å². The average Bonchev–Trinajstić information content (AvgIpc) is 2.43. The summed E-state index contributed by atoms with van der Waals surface area (Å²) in [6.07, 6.45) is 5.58. The number of carbonyl (C=O) groups excluding carboxylic acids is 1. The fraction of sp³-hybridized carbons (Fsp3) is 0.312. The summed E-state index contributed by atoms with van der Waals surface area (Å²) in [5, 5.41) is 0. The molecule has 2 N–H and O–H groups in total. The smallest absolute Gasteiger partial charge is 0.303 e. The van der Waals surface area contributed by atoms with Crippen LogP contribution in [0.3, 0.4) is 0 Å². The Morgan fingerprint density at radius 1 is 1.40 bits per heavy atom. The highest BCUT2D eigenvalue weighted by molar-refractivity contribution is 5.67. The molecule has 0 amide bonds. The van der Waals surface area contributed by atoms with E-state index in [0.717, 1.165) is 11.1 Å². The summed E-state index contributed by atoms with van der Waals surface area (Å²) in [5.41, 5.74) is 7.21. The van der Waals surface area contributed by atoms with Gasteiger partial charge >= 0.3 is 5.97 Å². The molecule has 1 aliphatic carbocycles. The fourth-order valence-electron chi connectivity index (χ4n) is 2.18. The first-order chi connectivity index (χ1) is 9.52. The molecule has 0 saturated carbocycles. The lowest BCUT2D eigenvalue weighted by atomic mass is 9.90. The summed E-state index contributed by atoms with van der Waals surface area (Å²) in [6, 6.07) is 9.84. The molecule has 106 valence electrons. The van der Waals surface area contributed by atoms with Crippen molar-refractivity contribution in [3.05, 3.63) is 53.6 Å². The molecule has 0 bridgehead atoms. The van der Waals surface area contributed by atoms with Gasteiger partial charge < -0.3 is 9.47 Å². The summed E-state index contributed by atoms with van der Waals surface area (Å²) in [5.74, 6) is -0.319. The predicted molar refractivity (Wildman–Crippen MR) is 77.7 cm³/mol. The SMILES string of the molecule is COC1(N)C=CC(OC(C)=O)C(=Cc2ccccc2)C1. The summed E-state index contributed by atoms with van der Waals surface area (Å²) < 4.78 is 10.6. The van der Waals surface area contributed by atoms with Crippen molar-refractivity contribution in [2.45, 2.75) is 25.2 Å². The van der Waals surface area contributed by atoms with E-state index in [9.17, 15) is 4.79 Å². The lowest BCUT2D eigenvalue weighted by molar-refractivity contribution is -0.143. The highest BCUT2D eigenvalue weighted by Crippen LogP contribution is 2.29. The molecule has 0 aromatic heterocycles. The molecule has 4 nitrogen and oxygen atoms in total. The Morgan fingerprint density at radius 3 is 2.70 bits per heavy atom. The number of carbonyl (C=O) groups is 1. The van der Waals surface area contributed by atoms with Crippen LogP contribution in [0.15, 0.2) is 48.1 Å². The van der Waals surface area contributed by atoms with Gasteiger partial charge in [0, 0.05) is 20.5 Å². The van der Waals surface area contributed by atoms with Crippen LogP contribution in [0.25, 0.3) is 6.08 Å². The zero-order chi connectivity index (χ0) is 14.6. The van der Waals surface area contributed by atoms with Gasteiger partial charge in [0.05, 0.1) is 0 Å². The van der Waals surface area contributed by atoms with E-state index in [-0.39, 0.29) is 12.1 Å². The Balaban J connectivity index is 2.32. The summed E-state index contributed by atoms with van der Waals surface area (Å²) >= 11 is 0. The Hall–Kier alpha value is -1.91. The second-order valence-electron chi connectivity index (χ2n) is 4.85. The normalized spacial score (nSPS) is 27.6. The Bertz CT molecular complexity index is 536. The maximum absolute atomic E-state index is 11.2. The molecule has 0 aliphatic heterocycles. The van der Waals surface area contributed by atoms with Gasteiger partial charge in [-0.05, 0) is 23.3 Å². The van der Waals surface area contributed by atoms with Crippen LogP contribution in [-0.2, 0) is 14.3 Å². The van der Waals surface area contributed by atoms with Crippen LogP contribution < -0.4 is 5.73 Å². The minimum atomic E-state index is -0.850. The minimum absolute atomic E-state index is 0.319. The molecular formula is C16H19NO3. The Kier molecular flexibility index (Phi) is 4.37. The van der Waals surface area contributed by atoms with Gasteiger partial charge in [0.1, 0.15) is 11.8 Å². The number of ether oxygens (including phenoxy) is 2. The van der Waals surface area contributed by atoms with Gasteiger partial charge in [-0.25, -0.2) is 0 Å². The van der Waals surface area contributed by atoms with E-state index in [1.807, 2.05) is 36.4 Å². The molecule has 2 unspecified atom stereocenters. The monoisotopic (exact) mass is 273 g/mol. The number of hydrogen-bond acceptors (Lipinski definition) is 4. The van der Waals surface area contributed by atoms with Gasteiger partial charge in [-0.15, -0.1) is 0 Å². The highest BCUT2D eigenvalue weighted by Gasteiger charge is 2.31. The van der Waals surface area contributed by atoms with Crippen molar-refractivity contribution in [3.63, 3.8) is 0 Å². The molecular weight excluding hydrogens is 254 g/mol. The number of hydrogen-bond donors (Lipinski definition) is 1. The third-order valence-corrected chi connectivity index (χ3v) is 3.22. The lowest BCUT2D eigenvalue weighted by Gasteiger charge is -2.32. The first kappa shape index (κ1) is 14.5. The van der Waals surface area contributed by atoms with Crippen molar-refractivity contribution in [2.75, 3.05) is 7.11 Å². The van der Waals surface area contributed by atoms with Crippen LogP contribution >= 0.6 is 0 Å². The zero-order valence-electron chi connectivity index (χ0n) is 11.7. The maximum Gasteiger partial charge on any atom is 0.303 e. The van der Waals surface area contributed by atoms with E-state index >= 15 is 0 Å². The molecule has 1 aromatic rings. The molecule has 2 rings (SSSR count). The van der Waals surface area contributed by atoms with Crippen molar-refractivity contribution in [1.29, 1.82) is 0 Å². The molecule has 20 heavy (non-hydrogen) atoms. The van der Waals surface area contributed by atoms with Crippen molar-refractivity contribution in [1.82, 2.24) is 0 Å². The van der Waals surface area contributed by atoms with Gasteiger partial charge in [-0.2, -0.15) is 0 Å². The van der Waals surface area contributed by atoms with Crippen LogP contribution in [0.1, 0.15) is 18.9 Å². The molecule has 1 aromatic carbocycles. The van der Waals surface area contributed by atoms with E-state index in [4.69, 9.17) is 15.2 Å². The van der Waals surface area contributed by atoms with Crippen LogP contribution in [0.4, 0.5) is 0 Å². The summed E-state index contributed by atoms with van der Waals surface area (Å²) in [6.45, 7) is 1.40. The van der Waals surface area contributed by atoms with Gasteiger partial charge in [-0.3, -0.25) is 10.5 Å². The minimum Gasteiger partial charge on any atom is -0.454 e. The second kappa shape index (κ2) is 6.03. The van der Waals surface area contributed by atoms with Crippen LogP contribution in [0.2, 0.25) is 0 Å². The second-order valence-corrected chi connectivity index (χ2v) is 4.85. The number of rotatable bonds is 3. The van der Waals surface area contributed by atoms with E-state index in [0.29, 0.717) is 6.42 Å². The number of esters is 1. The van der Waals surface area contributed by atoms with Gasteiger partial charge in [0.25, 0.3) is 0 Å². The largest absolute Gasteiger partial charge is 0.454 e. The van der Waals surface area contributed by atoms with E-state index in [1.165, 1.54) is 6.92 Å². The average molecular weight is 273 g/mol. The molecule has 0 saturated heterocycles. The third kappa shape index (κ3) is 3.56. The van der Waals surface area contributed by atoms with Crippen molar-refractivity contribution >= 4 is 12.0 Å². The van der Waals surface area contributed by atoms with E-state index in [2.05, 4.69) is 0 Å². The number of benzene rings is 1. The molecule has 0 radical (unpaired) electrons. The summed E-state index contributed by atoms with van der Waals surface area (Å²) in [7, 11) is 1.57. The predicted octanol–water partition coefficient (Wildman–Crippen LogP) is 2.26. The quantitative estimate of drug-likeness (QED) is 0.521. The Morgan fingerprint density at radius 2 is 2.10 bits per heavy atom.